The molecule has 1 rings (SSSR count). The first-order chi connectivity index (χ1) is 8.74. The molecule has 1 aromatic rings. The Morgan fingerprint density at radius 2 is 2.16 bits per heavy atom. The highest BCUT2D eigenvalue weighted by atomic mass is 35.5. The SMILES string of the molecule is CCNc1ncc(C(=O)N(C)CC(F)(F)F)cc1Cl. The number of hydrogen-bond acceptors (Lipinski definition) is 3. The maximum absolute atomic E-state index is 12.2. The molecule has 1 amide bonds. The lowest BCUT2D eigenvalue weighted by Gasteiger charge is -2.19. The standard InChI is InChI=1S/C11H13ClF3N3O/c1-3-16-9-8(12)4-7(5-17-9)10(19)18(2)6-11(13,14)15/h4-5H,3,6H2,1-2H3,(H,16,17). The monoisotopic (exact) mass is 295 g/mol. The van der Waals surface area contributed by atoms with Gasteiger partial charge >= 0.3 is 6.18 Å². The summed E-state index contributed by atoms with van der Waals surface area (Å²) in [5, 5.41) is 3.05. The van der Waals surface area contributed by atoms with Crippen molar-refractivity contribution < 1.29 is 18.0 Å². The summed E-state index contributed by atoms with van der Waals surface area (Å²) in [6.45, 7) is 1.11. The quantitative estimate of drug-likeness (QED) is 0.929. The molecule has 19 heavy (non-hydrogen) atoms. The number of nitrogens with zero attached hydrogens (tertiary/aromatic N) is 2. The summed E-state index contributed by atoms with van der Waals surface area (Å²) < 4.78 is 36.5. The van der Waals surface area contributed by atoms with Crippen LogP contribution in [0.4, 0.5) is 19.0 Å². The van der Waals surface area contributed by atoms with Gasteiger partial charge in [0.2, 0.25) is 0 Å². The van der Waals surface area contributed by atoms with E-state index in [4.69, 9.17) is 11.6 Å². The van der Waals surface area contributed by atoms with Crippen molar-refractivity contribution in [3.63, 3.8) is 0 Å². The van der Waals surface area contributed by atoms with Crippen LogP contribution in [0.2, 0.25) is 5.02 Å². The van der Waals surface area contributed by atoms with Gasteiger partial charge in [-0.15, -0.1) is 0 Å². The maximum atomic E-state index is 12.2. The number of amides is 1. The lowest BCUT2D eigenvalue weighted by Crippen LogP contribution is -2.35. The first-order valence-electron chi connectivity index (χ1n) is 5.46. The molecule has 1 aromatic heterocycles. The Morgan fingerprint density at radius 1 is 1.53 bits per heavy atom. The maximum Gasteiger partial charge on any atom is 0.406 e. The minimum absolute atomic E-state index is 0.0124. The van der Waals surface area contributed by atoms with Gasteiger partial charge in [0.1, 0.15) is 12.4 Å². The van der Waals surface area contributed by atoms with E-state index in [0.717, 1.165) is 7.05 Å². The topological polar surface area (TPSA) is 45.2 Å². The fourth-order valence-corrected chi connectivity index (χ4v) is 1.65. The number of nitrogens with one attached hydrogen (secondary N) is 1. The molecule has 0 atom stereocenters. The number of carbonyl (C=O) groups is 1. The van der Waals surface area contributed by atoms with Gasteiger partial charge < -0.3 is 10.2 Å². The molecular formula is C11H13ClF3N3O. The fraction of sp³-hybridized carbons (Fsp3) is 0.455. The summed E-state index contributed by atoms with van der Waals surface area (Å²) >= 11 is 5.87. The van der Waals surface area contributed by atoms with Gasteiger partial charge in [0.15, 0.2) is 0 Å². The highest BCUT2D eigenvalue weighted by Gasteiger charge is 2.31. The average Bonchev–Trinajstić information content (AvgIpc) is 2.29. The highest BCUT2D eigenvalue weighted by molar-refractivity contribution is 6.33. The van der Waals surface area contributed by atoms with Gasteiger partial charge in [-0.3, -0.25) is 4.79 Å². The molecule has 106 valence electrons. The Morgan fingerprint density at radius 3 is 2.63 bits per heavy atom. The predicted molar refractivity (Wildman–Crippen MR) is 66.4 cm³/mol. The molecule has 8 heteroatoms. The second-order valence-corrected chi connectivity index (χ2v) is 4.27. The van der Waals surface area contributed by atoms with Gasteiger partial charge in [-0.25, -0.2) is 4.98 Å². The first kappa shape index (κ1) is 15.6. The lowest BCUT2D eigenvalue weighted by molar-refractivity contribution is -0.138. The minimum atomic E-state index is -4.44. The van der Waals surface area contributed by atoms with Gasteiger partial charge in [-0.2, -0.15) is 13.2 Å². The fourth-order valence-electron chi connectivity index (χ4n) is 1.41. The van der Waals surface area contributed by atoms with Crippen LogP contribution in [0.25, 0.3) is 0 Å². The largest absolute Gasteiger partial charge is 0.406 e. The van der Waals surface area contributed by atoms with Gasteiger partial charge in [-0.1, -0.05) is 11.6 Å². The Bertz CT molecular complexity index is 465. The molecule has 0 unspecified atom stereocenters. The van der Waals surface area contributed by atoms with E-state index >= 15 is 0 Å². The summed E-state index contributed by atoms with van der Waals surface area (Å²) in [4.78, 5) is 16.2. The molecule has 0 aromatic carbocycles. The third kappa shape index (κ3) is 4.59. The zero-order valence-corrected chi connectivity index (χ0v) is 11.1. The van der Waals surface area contributed by atoms with Crippen molar-refractivity contribution in [2.45, 2.75) is 13.1 Å². The van der Waals surface area contributed by atoms with Crippen molar-refractivity contribution in [2.24, 2.45) is 0 Å². The van der Waals surface area contributed by atoms with Crippen LogP contribution in [0.5, 0.6) is 0 Å². The van der Waals surface area contributed by atoms with Crippen LogP contribution in [0, 0.1) is 0 Å². The number of alkyl halides is 3. The number of pyridine rings is 1. The molecule has 0 aliphatic rings. The third-order valence-corrected chi connectivity index (χ3v) is 2.48. The summed E-state index contributed by atoms with van der Waals surface area (Å²) in [6, 6.07) is 1.29. The number of halogens is 4. The van der Waals surface area contributed by atoms with E-state index in [0.29, 0.717) is 17.3 Å². The molecular weight excluding hydrogens is 283 g/mol. The van der Waals surface area contributed by atoms with Crippen molar-refractivity contribution in [3.05, 3.63) is 22.8 Å². The third-order valence-electron chi connectivity index (χ3n) is 2.20. The molecule has 0 saturated carbocycles. The van der Waals surface area contributed by atoms with Crippen LogP contribution in [-0.2, 0) is 0 Å². The van der Waals surface area contributed by atoms with E-state index in [2.05, 4.69) is 10.3 Å². The number of hydrogen-bond donors (Lipinski definition) is 1. The van der Waals surface area contributed by atoms with Gasteiger partial charge in [0, 0.05) is 19.8 Å². The molecule has 0 fully saturated rings. The van der Waals surface area contributed by atoms with E-state index in [1.807, 2.05) is 6.92 Å². The summed E-state index contributed by atoms with van der Waals surface area (Å²) in [7, 11) is 1.07. The Hall–Kier alpha value is -1.50. The van der Waals surface area contributed by atoms with Crippen LogP contribution in [0.15, 0.2) is 12.3 Å². The lowest BCUT2D eigenvalue weighted by atomic mass is 10.2. The molecule has 4 nitrogen and oxygen atoms in total. The molecule has 0 spiro atoms. The highest BCUT2D eigenvalue weighted by Crippen LogP contribution is 2.22. The summed E-state index contributed by atoms with van der Waals surface area (Å²) in [6.07, 6.45) is -3.25. The van der Waals surface area contributed by atoms with Crippen LogP contribution in [0.3, 0.4) is 0 Å². The van der Waals surface area contributed by atoms with Crippen molar-refractivity contribution in [3.8, 4) is 0 Å². The van der Waals surface area contributed by atoms with Gasteiger partial charge in [0.05, 0.1) is 10.6 Å². The zero-order chi connectivity index (χ0) is 14.6. The second kappa shape index (κ2) is 6.10. The van der Waals surface area contributed by atoms with E-state index in [9.17, 15) is 18.0 Å². The second-order valence-electron chi connectivity index (χ2n) is 3.86. The van der Waals surface area contributed by atoms with E-state index in [-0.39, 0.29) is 10.6 Å². The molecule has 0 saturated heterocycles. The van der Waals surface area contributed by atoms with Crippen molar-refractivity contribution in [1.82, 2.24) is 9.88 Å². The van der Waals surface area contributed by atoms with Crippen LogP contribution >= 0.6 is 11.6 Å². The average molecular weight is 296 g/mol. The molecule has 0 aliphatic heterocycles. The Labute approximate surface area is 113 Å². The van der Waals surface area contributed by atoms with Crippen molar-refractivity contribution in [1.29, 1.82) is 0 Å². The Balaban J connectivity index is 2.86. The predicted octanol–water partition coefficient (Wildman–Crippen LogP) is 2.80. The number of carbonyl (C=O) groups excluding carboxylic acids is 1. The zero-order valence-electron chi connectivity index (χ0n) is 10.4. The van der Waals surface area contributed by atoms with E-state index < -0.39 is 18.6 Å². The smallest absolute Gasteiger partial charge is 0.369 e. The van der Waals surface area contributed by atoms with Crippen molar-refractivity contribution in [2.75, 3.05) is 25.5 Å². The Kier molecular flexibility index (Phi) is 4.99. The summed E-state index contributed by atoms with van der Waals surface area (Å²) in [5.74, 6) is -0.394. The van der Waals surface area contributed by atoms with Gasteiger partial charge in [0.25, 0.3) is 5.91 Å². The molecule has 1 heterocycles. The van der Waals surface area contributed by atoms with E-state index in [1.54, 1.807) is 0 Å². The number of rotatable bonds is 4. The summed E-state index contributed by atoms with van der Waals surface area (Å²) in [5.41, 5.74) is 0.0124. The first-order valence-corrected chi connectivity index (χ1v) is 5.84. The number of aromatic nitrogens is 1. The minimum Gasteiger partial charge on any atom is -0.369 e. The van der Waals surface area contributed by atoms with Gasteiger partial charge in [-0.05, 0) is 13.0 Å². The molecule has 0 radical (unpaired) electrons. The van der Waals surface area contributed by atoms with Crippen molar-refractivity contribution >= 4 is 23.3 Å². The number of anilines is 1. The molecule has 0 aliphatic carbocycles. The van der Waals surface area contributed by atoms with Crippen LogP contribution in [-0.4, -0.2) is 42.1 Å². The van der Waals surface area contributed by atoms with Crippen LogP contribution < -0.4 is 5.32 Å². The molecule has 0 bridgehead atoms. The normalized spacial score (nSPS) is 11.3. The van der Waals surface area contributed by atoms with Crippen LogP contribution in [0.1, 0.15) is 17.3 Å². The van der Waals surface area contributed by atoms with E-state index in [1.165, 1.54) is 12.3 Å². The molecule has 1 N–H and O–H groups in total.